The molecule has 1 aliphatic rings. The minimum absolute atomic E-state index is 0.0762. The van der Waals surface area contributed by atoms with E-state index < -0.39 is 83.6 Å². The van der Waals surface area contributed by atoms with Crippen LogP contribution in [0.3, 0.4) is 0 Å². The van der Waals surface area contributed by atoms with Crippen LogP contribution < -0.4 is 15.5 Å². The minimum atomic E-state index is -4.13. The second-order valence-electron chi connectivity index (χ2n) is 16.0. The summed E-state index contributed by atoms with van der Waals surface area (Å²) in [6, 6.07) is 8.61. The number of aromatic nitrogens is 2. The second kappa shape index (κ2) is 19.5. The van der Waals surface area contributed by atoms with Gasteiger partial charge in [0, 0.05) is 43.2 Å². The number of imide groups is 1. The molecule has 0 radical (unpaired) electrons. The summed E-state index contributed by atoms with van der Waals surface area (Å²) in [7, 11) is 0. The average Bonchev–Trinajstić information content (AvgIpc) is 3.30. The monoisotopic (exact) mass is 848 g/mol. The Balaban J connectivity index is 1.81. The average molecular weight is 850 g/mol. The van der Waals surface area contributed by atoms with E-state index in [1.165, 1.54) is 62.3 Å². The number of esters is 1. The molecule has 318 valence electrons. The molecular formula is C38H52Cl2F2N4O11. The van der Waals surface area contributed by atoms with Crippen LogP contribution in [0.1, 0.15) is 86.9 Å². The van der Waals surface area contributed by atoms with Gasteiger partial charge in [-0.2, -0.15) is 18.7 Å². The van der Waals surface area contributed by atoms with Gasteiger partial charge in [0.2, 0.25) is 12.3 Å². The molecule has 1 fully saturated rings. The molecule has 0 spiro atoms. The van der Waals surface area contributed by atoms with Gasteiger partial charge in [0.1, 0.15) is 29.5 Å². The Labute approximate surface area is 340 Å². The van der Waals surface area contributed by atoms with Gasteiger partial charge in [-0.25, -0.2) is 19.2 Å². The first-order valence-electron chi connectivity index (χ1n) is 18.2. The lowest BCUT2D eigenvalue weighted by atomic mass is 10.1. The van der Waals surface area contributed by atoms with E-state index in [0.29, 0.717) is 47.2 Å². The molecule has 0 aliphatic carbocycles. The third-order valence-electron chi connectivity index (χ3n) is 7.68. The zero-order valence-electron chi connectivity index (χ0n) is 33.6. The molecule has 0 bridgehead atoms. The highest BCUT2D eigenvalue weighted by Gasteiger charge is 2.63. The van der Waals surface area contributed by atoms with Crippen molar-refractivity contribution in [3.8, 4) is 0 Å². The number of ether oxygens (including phenoxy) is 6. The predicted molar refractivity (Wildman–Crippen MR) is 207 cm³/mol. The quantitative estimate of drug-likeness (QED) is 0.104. The molecule has 1 saturated heterocycles. The first-order chi connectivity index (χ1) is 26.3. The third kappa shape index (κ3) is 14.3. The van der Waals surface area contributed by atoms with Gasteiger partial charge in [-0.3, -0.25) is 9.36 Å². The Kier molecular flexibility index (Phi) is 16.1. The van der Waals surface area contributed by atoms with Crippen LogP contribution >= 0.6 is 23.2 Å². The predicted octanol–water partition coefficient (Wildman–Crippen LogP) is 7.62. The van der Waals surface area contributed by atoms with Gasteiger partial charge >= 0.3 is 35.9 Å². The van der Waals surface area contributed by atoms with E-state index >= 15 is 8.78 Å². The lowest BCUT2D eigenvalue weighted by Crippen LogP contribution is -2.46. The number of hydrogen-bond donors (Lipinski definition) is 0. The van der Waals surface area contributed by atoms with Gasteiger partial charge in [0.25, 0.3) is 0 Å². The number of aryl methyl sites for hydroxylation is 1. The van der Waals surface area contributed by atoms with Gasteiger partial charge in [0.05, 0.1) is 0 Å². The standard InChI is InChI=1S/C38H52Cl2F2N4O11/c1-35(2,3)55-32(49)46(33(50)56-36(4,5)6)27-17-20-45(31(48)43-27)30-38(41,42)29(54-34(51)57-37(7,8)9)26(53-30)23-52-28(47)12-10-11-24-13-15-25(16-14-24)44(21-18-39)22-19-40/h13-17,20,26,29-30H,10-12,18-19,21-23H2,1-9H3/t26-,29+,30?/m1/s1. The Morgan fingerprint density at radius 1 is 0.860 bits per heavy atom. The largest absolute Gasteiger partial charge is 0.509 e. The summed E-state index contributed by atoms with van der Waals surface area (Å²) >= 11 is 11.8. The topological polar surface area (TPSA) is 165 Å². The number of halogens is 4. The number of benzene rings is 1. The molecule has 2 heterocycles. The number of hydrogen-bond acceptors (Lipinski definition) is 13. The van der Waals surface area contributed by atoms with Crippen molar-refractivity contribution >= 4 is 59.0 Å². The first kappa shape index (κ1) is 47.2. The van der Waals surface area contributed by atoms with Crippen LogP contribution in [0.15, 0.2) is 41.3 Å². The molecule has 19 heteroatoms. The van der Waals surface area contributed by atoms with Crippen molar-refractivity contribution in [3.63, 3.8) is 0 Å². The van der Waals surface area contributed by atoms with Crippen LogP contribution in [0, 0.1) is 0 Å². The van der Waals surface area contributed by atoms with Crippen molar-refractivity contribution < 1.29 is 56.4 Å². The molecule has 1 unspecified atom stereocenters. The van der Waals surface area contributed by atoms with Crippen molar-refractivity contribution in [2.45, 2.75) is 123 Å². The SMILES string of the molecule is CC(C)(C)OC(=O)O[C@H]1[C@@H](COC(=O)CCCc2ccc(N(CCCl)CCCl)cc2)OC(n2ccc(N(C(=O)OC(C)(C)C)C(=O)OC(C)(C)C)nc2=O)C1(F)F. The molecule has 1 aliphatic heterocycles. The fourth-order valence-electron chi connectivity index (χ4n) is 5.34. The fraction of sp³-hybridized carbons (Fsp3) is 0.632. The Hall–Kier alpha value is -4.22. The number of carbonyl (C=O) groups excluding carboxylic acids is 4. The number of alkyl halides is 4. The maximum atomic E-state index is 16.2. The summed E-state index contributed by atoms with van der Waals surface area (Å²) in [6.45, 7) is 14.2. The number of anilines is 2. The van der Waals surface area contributed by atoms with E-state index in [9.17, 15) is 24.0 Å². The normalized spacial score (nSPS) is 18.0. The molecule has 2 aromatic rings. The van der Waals surface area contributed by atoms with Crippen LogP contribution in [0.2, 0.25) is 0 Å². The van der Waals surface area contributed by atoms with Crippen LogP contribution in [0.25, 0.3) is 0 Å². The Morgan fingerprint density at radius 2 is 1.40 bits per heavy atom. The maximum Gasteiger partial charge on any atom is 0.509 e. The summed E-state index contributed by atoms with van der Waals surface area (Å²) < 4.78 is 64.3. The van der Waals surface area contributed by atoms with E-state index in [0.717, 1.165) is 23.5 Å². The summed E-state index contributed by atoms with van der Waals surface area (Å²) in [5.74, 6) is -4.58. The minimum Gasteiger partial charge on any atom is -0.463 e. The van der Waals surface area contributed by atoms with Gasteiger partial charge in [-0.1, -0.05) is 12.1 Å². The van der Waals surface area contributed by atoms with Crippen molar-refractivity contribution in [1.29, 1.82) is 0 Å². The van der Waals surface area contributed by atoms with Crippen molar-refractivity contribution in [3.05, 3.63) is 52.6 Å². The molecule has 3 rings (SSSR count). The van der Waals surface area contributed by atoms with E-state index in [2.05, 4.69) is 9.88 Å². The highest BCUT2D eigenvalue weighted by Crippen LogP contribution is 2.44. The fourth-order valence-corrected chi connectivity index (χ4v) is 5.75. The molecule has 15 nitrogen and oxygen atoms in total. The van der Waals surface area contributed by atoms with Crippen LogP contribution in [0.5, 0.6) is 0 Å². The Bertz CT molecular complexity index is 1730. The summed E-state index contributed by atoms with van der Waals surface area (Å²) in [5, 5.41) is 0. The molecule has 57 heavy (non-hydrogen) atoms. The van der Waals surface area contributed by atoms with Crippen LogP contribution in [-0.2, 0) is 39.6 Å². The summed E-state index contributed by atoms with van der Waals surface area (Å²) in [5.41, 5.74) is -2.78. The van der Waals surface area contributed by atoms with Crippen LogP contribution in [0.4, 0.5) is 34.7 Å². The van der Waals surface area contributed by atoms with Gasteiger partial charge in [-0.15, -0.1) is 23.2 Å². The number of nitrogens with zero attached hydrogens (tertiary/aromatic N) is 4. The highest BCUT2D eigenvalue weighted by molar-refractivity contribution is 6.18. The molecular weight excluding hydrogens is 797 g/mol. The number of carbonyl (C=O) groups is 4. The Morgan fingerprint density at radius 3 is 1.89 bits per heavy atom. The smallest absolute Gasteiger partial charge is 0.463 e. The zero-order chi connectivity index (χ0) is 42.9. The van der Waals surface area contributed by atoms with E-state index in [4.69, 9.17) is 51.6 Å². The molecule has 3 atom stereocenters. The summed E-state index contributed by atoms with van der Waals surface area (Å²) in [4.78, 5) is 71.0. The van der Waals surface area contributed by atoms with Gasteiger partial charge in [-0.05, 0) is 98.9 Å². The van der Waals surface area contributed by atoms with E-state index in [-0.39, 0.29) is 6.42 Å². The number of amides is 2. The van der Waals surface area contributed by atoms with E-state index in [1.54, 1.807) is 0 Å². The van der Waals surface area contributed by atoms with Gasteiger partial charge in [0.15, 0.2) is 5.82 Å². The van der Waals surface area contributed by atoms with Crippen LogP contribution in [-0.4, -0.2) is 100 Å². The zero-order valence-corrected chi connectivity index (χ0v) is 35.2. The molecule has 0 saturated carbocycles. The second-order valence-corrected chi connectivity index (χ2v) is 16.8. The highest BCUT2D eigenvalue weighted by atomic mass is 35.5. The van der Waals surface area contributed by atoms with Gasteiger partial charge < -0.3 is 33.3 Å². The molecule has 2 amide bonds. The van der Waals surface area contributed by atoms with Crippen molar-refractivity contribution in [1.82, 2.24) is 9.55 Å². The molecule has 1 aromatic heterocycles. The molecule has 1 aromatic carbocycles. The lowest BCUT2D eigenvalue weighted by molar-refractivity contribution is -0.150. The lowest BCUT2D eigenvalue weighted by Gasteiger charge is -2.28. The first-order valence-corrected chi connectivity index (χ1v) is 19.3. The van der Waals surface area contributed by atoms with Crippen molar-refractivity contribution in [2.24, 2.45) is 0 Å². The number of rotatable bonds is 14. The molecule has 0 N–H and O–H groups in total. The third-order valence-corrected chi connectivity index (χ3v) is 8.02. The van der Waals surface area contributed by atoms with Crippen molar-refractivity contribution in [2.75, 3.05) is 41.3 Å². The summed E-state index contributed by atoms with van der Waals surface area (Å²) in [6.07, 6.45) is -8.97. The maximum absolute atomic E-state index is 16.2. The van der Waals surface area contributed by atoms with E-state index in [1.807, 2.05) is 24.3 Å².